The average Bonchev–Trinajstić information content (AvgIpc) is 3.12. The summed E-state index contributed by atoms with van der Waals surface area (Å²) in [6, 6.07) is 19.9. The van der Waals surface area contributed by atoms with Crippen molar-refractivity contribution in [2.45, 2.75) is 38.4 Å². The molecule has 2 N–H and O–H groups in total. The van der Waals surface area contributed by atoms with Crippen LogP contribution >= 0.6 is 11.8 Å². The third-order valence-corrected chi connectivity index (χ3v) is 6.47. The minimum atomic E-state index is -0.493. The molecule has 158 valence electrons. The summed E-state index contributed by atoms with van der Waals surface area (Å²) in [4.78, 5) is 29.9. The van der Waals surface area contributed by atoms with Gasteiger partial charge in [-0.3, -0.25) is 9.59 Å². The van der Waals surface area contributed by atoms with Crippen molar-refractivity contribution in [2.75, 3.05) is 5.32 Å². The van der Waals surface area contributed by atoms with E-state index in [9.17, 15) is 9.59 Å². The average molecular weight is 432 g/mol. The van der Waals surface area contributed by atoms with Crippen molar-refractivity contribution >= 4 is 50.9 Å². The Hall–Kier alpha value is -3.12. The number of nitrogens with zero attached hydrogens (tertiary/aromatic N) is 1. The van der Waals surface area contributed by atoms with Gasteiger partial charge in [0.15, 0.2) is 5.17 Å². The van der Waals surface area contributed by atoms with Crippen molar-refractivity contribution in [2.24, 2.45) is 4.99 Å². The molecule has 2 amide bonds. The number of fused-ring (bicyclic) bond motifs is 1. The number of carbonyl (C=O) groups is 2. The molecule has 31 heavy (non-hydrogen) atoms. The van der Waals surface area contributed by atoms with Crippen molar-refractivity contribution in [3.05, 3.63) is 71.8 Å². The first kappa shape index (κ1) is 21.1. The second-order valence-corrected chi connectivity index (χ2v) is 8.62. The van der Waals surface area contributed by atoms with Crippen LogP contribution in [-0.4, -0.2) is 22.2 Å². The summed E-state index contributed by atoms with van der Waals surface area (Å²) in [6.45, 7) is 4.19. The van der Waals surface area contributed by atoms with Gasteiger partial charge in [-0.1, -0.05) is 80.2 Å². The smallest absolute Gasteiger partial charge is 0.240 e. The Bertz CT molecular complexity index is 1140. The van der Waals surface area contributed by atoms with Gasteiger partial charge in [-0.15, -0.1) is 0 Å². The fourth-order valence-corrected chi connectivity index (χ4v) is 4.73. The van der Waals surface area contributed by atoms with Crippen LogP contribution in [0, 0.1) is 0 Å². The van der Waals surface area contributed by atoms with Gasteiger partial charge in [0.25, 0.3) is 0 Å². The highest BCUT2D eigenvalue weighted by molar-refractivity contribution is 8.15. The lowest BCUT2D eigenvalue weighted by Gasteiger charge is -2.10. The molecule has 1 heterocycles. The van der Waals surface area contributed by atoms with E-state index >= 15 is 0 Å². The Labute approximate surface area is 186 Å². The molecule has 1 aliphatic rings. The Kier molecular flexibility index (Phi) is 6.37. The molecule has 1 unspecified atom stereocenters. The number of anilines is 1. The molecule has 0 radical (unpaired) electrons. The largest absolute Gasteiger partial charge is 0.325 e. The third kappa shape index (κ3) is 4.64. The molecule has 4 rings (SSSR count). The molecule has 3 aromatic rings. The molecule has 1 aliphatic heterocycles. The summed E-state index contributed by atoms with van der Waals surface area (Å²) in [5, 5.41) is 7.91. The first-order valence-electron chi connectivity index (χ1n) is 10.5. The van der Waals surface area contributed by atoms with E-state index in [0.717, 1.165) is 46.1 Å². The highest BCUT2D eigenvalue weighted by Crippen LogP contribution is 2.31. The number of carbonyl (C=O) groups excluding carboxylic acids is 2. The normalized spacial score (nSPS) is 17.2. The molecule has 0 spiro atoms. The molecule has 0 aliphatic carbocycles. The first-order valence-corrected chi connectivity index (χ1v) is 11.4. The molecule has 0 aromatic heterocycles. The van der Waals surface area contributed by atoms with Gasteiger partial charge in [0, 0.05) is 17.5 Å². The summed E-state index contributed by atoms with van der Waals surface area (Å²) >= 11 is 1.32. The van der Waals surface area contributed by atoms with E-state index in [1.54, 1.807) is 0 Å². The van der Waals surface area contributed by atoms with E-state index < -0.39 is 5.25 Å². The van der Waals surface area contributed by atoms with Crippen molar-refractivity contribution in [3.63, 3.8) is 0 Å². The third-order valence-electron chi connectivity index (χ3n) is 5.39. The highest BCUT2D eigenvalue weighted by atomic mass is 32.2. The number of thioether (sulfide) groups is 1. The Balaban J connectivity index is 1.48. The van der Waals surface area contributed by atoms with Crippen LogP contribution in [0.5, 0.6) is 0 Å². The maximum atomic E-state index is 12.7. The topological polar surface area (TPSA) is 70.6 Å². The van der Waals surface area contributed by atoms with Crippen molar-refractivity contribution in [3.8, 4) is 0 Å². The van der Waals surface area contributed by atoms with E-state index in [-0.39, 0.29) is 18.2 Å². The number of rotatable bonds is 6. The summed E-state index contributed by atoms with van der Waals surface area (Å²) in [5.41, 5.74) is 3.98. The van der Waals surface area contributed by atoms with E-state index in [1.807, 2.05) is 48.5 Å². The van der Waals surface area contributed by atoms with Crippen LogP contribution in [0.15, 0.2) is 65.7 Å². The van der Waals surface area contributed by atoms with Crippen LogP contribution < -0.4 is 10.6 Å². The van der Waals surface area contributed by atoms with Crippen LogP contribution in [0.25, 0.3) is 10.8 Å². The zero-order chi connectivity index (χ0) is 21.8. The molecule has 0 bridgehead atoms. The SMILES string of the molecule is CCc1cccc(CC)c1N=C1NC(=O)C(CC(=O)Nc2cccc3ccccc23)S1. The van der Waals surface area contributed by atoms with Crippen LogP contribution in [0.3, 0.4) is 0 Å². The lowest BCUT2D eigenvalue weighted by molar-refractivity contribution is -0.122. The van der Waals surface area contributed by atoms with Crippen molar-refractivity contribution in [1.29, 1.82) is 0 Å². The van der Waals surface area contributed by atoms with Gasteiger partial charge >= 0.3 is 0 Å². The van der Waals surface area contributed by atoms with Crippen LogP contribution in [-0.2, 0) is 22.4 Å². The molecule has 1 fully saturated rings. The zero-order valence-corrected chi connectivity index (χ0v) is 18.5. The lowest BCUT2D eigenvalue weighted by atomic mass is 10.0. The quantitative estimate of drug-likeness (QED) is 0.563. The number of aryl methyl sites for hydroxylation is 2. The molecule has 3 aromatic carbocycles. The maximum Gasteiger partial charge on any atom is 0.240 e. The fourth-order valence-electron chi connectivity index (χ4n) is 3.76. The Morgan fingerprint density at radius 3 is 2.42 bits per heavy atom. The van der Waals surface area contributed by atoms with Crippen molar-refractivity contribution in [1.82, 2.24) is 5.32 Å². The number of nitrogens with one attached hydrogen (secondary N) is 2. The van der Waals surface area contributed by atoms with E-state index in [1.165, 1.54) is 11.8 Å². The van der Waals surface area contributed by atoms with Crippen LogP contribution in [0.4, 0.5) is 11.4 Å². The molecule has 1 atom stereocenters. The number of aliphatic imine (C=N–C) groups is 1. The molecule has 1 saturated heterocycles. The van der Waals surface area contributed by atoms with Gasteiger partial charge in [0.1, 0.15) is 5.25 Å². The number of hydrogen-bond donors (Lipinski definition) is 2. The number of benzene rings is 3. The number of amidine groups is 1. The standard InChI is InChI=1S/C25H25N3O2S/c1-3-16-10-7-11-17(4-2)23(16)27-25-28-24(30)21(31-25)15-22(29)26-20-14-8-12-18-9-5-6-13-19(18)20/h5-14,21H,3-4,15H2,1-2H3,(H,26,29)(H,27,28,30). The number of amides is 2. The summed E-state index contributed by atoms with van der Waals surface area (Å²) < 4.78 is 0. The molecule has 5 nitrogen and oxygen atoms in total. The summed E-state index contributed by atoms with van der Waals surface area (Å²) in [6.07, 6.45) is 1.83. The fraction of sp³-hybridized carbons (Fsp3) is 0.240. The second kappa shape index (κ2) is 9.35. The first-order chi connectivity index (χ1) is 15.1. The van der Waals surface area contributed by atoms with Gasteiger partial charge in [-0.05, 0) is 35.4 Å². The minimum absolute atomic E-state index is 0.0921. The van der Waals surface area contributed by atoms with Gasteiger partial charge < -0.3 is 10.6 Å². The minimum Gasteiger partial charge on any atom is -0.325 e. The number of hydrogen-bond acceptors (Lipinski definition) is 4. The maximum absolute atomic E-state index is 12.7. The predicted molar refractivity (Wildman–Crippen MR) is 129 cm³/mol. The molecular weight excluding hydrogens is 406 g/mol. The van der Waals surface area contributed by atoms with E-state index in [2.05, 4.69) is 36.6 Å². The zero-order valence-electron chi connectivity index (χ0n) is 17.6. The van der Waals surface area contributed by atoms with Gasteiger partial charge in [-0.25, -0.2) is 4.99 Å². The second-order valence-electron chi connectivity index (χ2n) is 7.42. The van der Waals surface area contributed by atoms with Crippen LogP contribution in [0.1, 0.15) is 31.4 Å². The lowest BCUT2D eigenvalue weighted by Crippen LogP contribution is -2.28. The summed E-state index contributed by atoms with van der Waals surface area (Å²) in [7, 11) is 0. The van der Waals surface area contributed by atoms with Gasteiger partial charge in [0.2, 0.25) is 11.8 Å². The van der Waals surface area contributed by atoms with Gasteiger partial charge in [-0.2, -0.15) is 0 Å². The predicted octanol–water partition coefficient (Wildman–Crippen LogP) is 5.21. The molecule has 6 heteroatoms. The molecular formula is C25H25N3O2S. The van der Waals surface area contributed by atoms with Crippen LogP contribution in [0.2, 0.25) is 0 Å². The molecule has 0 saturated carbocycles. The Morgan fingerprint density at radius 2 is 1.68 bits per heavy atom. The Morgan fingerprint density at radius 1 is 1.00 bits per heavy atom. The van der Waals surface area contributed by atoms with Crippen molar-refractivity contribution < 1.29 is 9.59 Å². The van der Waals surface area contributed by atoms with E-state index in [0.29, 0.717) is 5.17 Å². The van der Waals surface area contributed by atoms with E-state index in [4.69, 9.17) is 4.99 Å². The summed E-state index contributed by atoms with van der Waals surface area (Å²) in [5.74, 6) is -0.364. The van der Waals surface area contributed by atoms with Gasteiger partial charge in [0.05, 0.1) is 5.69 Å². The highest BCUT2D eigenvalue weighted by Gasteiger charge is 2.32. The monoisotopic (exact) mass is 431 g/mol. The number of para-hydroxylation sites is 1.